The van der Waals surface area contributed by atoms with Gasteiger partial charge in [-0.25, -0.2) is 0 Å². The van der Waals surface area contributed by atoms with E-state index in [1.807, 2.05) is 24.3 Å². The van der Waals surface area contributed by atoms with E-state index in [-0.39, 0.29) is 11.9 Å². The molecule has 1 N–H and O–H groups in total. The highest BCUT2D eigenvalue weighted by molar-refractivity contribution is 6.32. The third-order valence-electron chi connectivity index (χ3n) is 4.84. The quantitative estimate of drug-likeness (QED) is 0.831. The first-order chi connectivity index (χ1) is 12.7. The molecule has 1 aliphatic rings. The Morgan fingerprint density at radius 3 is 2.58 bits per heavy atom. The molecule has 0 aromatic heterocycles. The van der Waals surface area contributed by atoms with Crippen molar-refractivity contribution in [1.29, 1.82) is 0 Å². The fraction of sp³-hybridized carbons (Fsp3) is 0.381. The molecule has 2 aromatic carbocycles. The number of aryl methyl sites for hydroxylation is 1. The molecule has 138 valence electrons. The van der Waals surface area contributed by atoms with Gasteiger partial charge in [-0.2, -0.15) is 0 Å². The maximum absolute atomic E-state index is 12.3. The van der Waals surface area contributed by atoms with Gasteiger partial charge < -0.3 is 15.0 Å². The Morgan fingerprint density at radius 2 is 1.92 bits per heavy atom. The van der Waals surface area contributed by atoms with Crippen LogP contribution in [0.1, 0.15) is 24.8 Å². The van der Waals surface area contributed by atoms with Crippen molar-refractivity contribution in [2.24, 2.45) is 0 Å². The molecule has 0 aliphatic carbocycles. The molecular weight excluding hydrogens is 348 g/mol. The van der Waals surface area contributed by atoms with Crippen LogP contribution >= 0.6 is 11.6 Å². The molecule has 1 fully saturated rings. The molecular formula is C21H25ClN2O2. The molecule has 5 heteroatoms. The number of para-hydroxylation sites is 1. The number of nitrogens with one attached hydrogen (secondary N) is 1. The summed E-state index contributed by atoms with van der Waals surface area (Å²) in [7, 11) is 1.59. The summed E-state index contributed by atoms with van der Waals surface area (Å²) in [5.41, 5.74) is 2.30. The van der Waals surface area contributed by atoms with E-state index in [0.29, 0.717) is 23.6 Å². The van der Waals surface area contributed by atoms with Crippen molar-refractivity contribution in [3.63, 3.8) is 0 Å². The standard InChI is InChI=1S/C21H25ClN2O2/c1-26-20-9-7-16(15-19(20)22)8-10-21(25)23-17-11-13-24(14-12-17)18-5-3-2-4-6-18/h2-7,9,15,17H,8,10-14H2,1H3,(H,23,25). The zero-order valence-electron chi connectivity index (χ0n) is 15.1. The van der Waals surface area contributed by atoms with Crippen molar-refractivity contribution in [2.45, 2.75) is 31.7 Å². The Labute approximate surface area is 160 Å². The van der Waals surface area contributed by atoms with Gasteiger partial charge >= 0.3 is 0 Å². The molecule has 0 unspecified atom stereocenters. The molecule has 1 amide bonds. The molecule has 0 bridgehead atoms. The summed E-state index contributed by atoms with van der Waals surface area (Å²) in [5, 5.41) is 3.76. The number of anilines is 1. The Balaban J connectivity index is 1.42. The lowest BCUT2D eigenvalue weighted by Gasteiger charge is -2.34. The summed E-state index contributed by atoms with van der Waals surface area (Å²) in [6.07, 6.45) is 3.12. The van der Waals surface area contributed by atoms with Crippen molar-refractivity contribution in [3.8, 4) is 5.75 Å². The monoisotopic (exact) mass is 372 g/mol. The third-order valence-corrected chi connectivity index (χ3v) is 5.13. The molecule has 26 heavy (non-hydrogen) atoms. The zero-order chi connectivity index (χ0) is 18.4. The molecule has 1 heterocycles. The van der Waals surface area contributed by atoms with Gasteiger partial charge in [0, 0.05) is 31.2 Å². The first-order valence-corrected chi connectivity index (χ1v) is 9.45. The number of hydrogen-bond donors (Lipinski definition) is 1. The van der Waals surface area contributed by atoms with Crippen molar-refractivity contribution in [1.82, 2.24) is 5.32 Å². The van der Waals surface area contributed by atoms with E-state index >= 15 is 0 Å². The second-order valence-electron chi connectivity index (χ2n) is 6.63. The van der Waals surface area contributed by atoms with Crippen molar-refractivity contribution >= 4 is 23.2 Å². The van der Waals surface area contributed by atoms with Crippen LogP contribution in [0.25, 0.3) is 0 Å². The zero-order valence-corrected chi connectivity index (χ0v) is 15.8. The molecule has 1 saturated heterocycles. The highest BCUT2D eigenvalue weighted by Gasteiger charge is 2.20. The largest absolute Gasteiger partial charge is 0.495 e. The summed E-state index contributed by atoms with van der Waals surface area (Å²) >= 11 is 6.13. The maximum Gasteiger partial charge on any atom is 0.220 e. The third kappa shape index (κ3) is 4.92. The lowest BCUT2D eigenvalue weighted by atomic mass is 10.0. The van der Waals surface area contributed by atoms with Crippen LogP contribution in [-0.4, -0.2) is 32.1 Å². The SMILES string of the molecule is COc1ccc(CCC(=O)NC2CCN(c3ccccc3)CC2)cc1Cl. The van der Waals surface area contributed by atoms with E-state index in [1.54, 1.807) is 7.11 Å². The fourth-order valence-corrected chi connectivity index (χ4v) is 3.62. The van der Waals surface area contributed by atoms with Gasteiger partial charge in [-0.05, 0) is 49.1 Å². The number of benzene rings is 2. The van der Waals surface area contributed by atoms with E-state index in [9.17, 15) is 4.79 Å². The van der Waals surface area contributed by atoms with E-state index in [4.69, 9.17) is 16.3 Å². The Morgan fingerprint density at radius 1 is 1.19 bits per heavy atom. The predicted molar refractivity (Wildman–Crippen MR) is 106 cm³/mol. The van der Waals surface area contributed by atoms with Crippen LogP contribution in [0.3, 0.4) is 0 Å². The summed E-state index contributed by atoms with van der Waals surface area (Å²) in [4.78, 5) is 14.6. The Kier molecular flexibility index (Phi) is 6.40. The molecule has 0 atom stereocenters. The van der Waals surface area contributed by atoms with E-state index in [2.05, 4.69) is 34.5 Å². The van der Waals surface area contributed by atoms with Crippen molar-refractivity contribution in [3.05, 3.63) is 59.1 Å². The predicted octanol–water partition coefficient (Wildman–Crippen LogP) is 4.07. The number of piperidine rings is 1. The number of hydrogen-bond acceptors (Lipinski definition) is 3. The first-order valence-electron chi connectivity index (χ1n) is 9.07. The summed E-state index contributed by atoms with van der Waals surface area (Å²) in [6.45, 7) is 1.95. The van der Waals surface area contributed by atoms with Gasteiger partial charge in [0.2, 0.25) is 5.91 Å². The highest BCUT2D eigenvalue weighted by atomic mass is 35.5. The van der Waals surface area contributed by atoms with E-state index in [1.165, 1.54) is 5.69 Å². The minimum atomic E-state index is 0.107. The van der Waals surface area contributed by atoms with Crippen LogP contribution in [0.15, 0.2) is 48.5 Å². The number of methoxy groups -OCH3 is 1. The lowest BCUT2D eigenvalue weighted by Crippen LogP contribution is -2.44. The average molecular weight is 373 g/mol. The molecule has 4 nitrogen and oxygen atoms in total. The maximum atomic E-state index is 12.3. The van der Waals surface area contributed by atoms with Crippen LogP contribution in [0.4, 0.5) is 5.69 Å². The Bertz CT molecular complexity index is 728. The van der Waals surface area contributed by atoms with Gasteiger partial charge in [0.1, 0.15) is 5.75 Å². The van der Waals surface area contributed by atoms with Gasteiger partial charge in [-0.3, -0.25) is 4.79 Å². The number of halogens is 1. The van der Waals surface area contributed by atoms with Gasteiger partial charge in [0.15, 0.2) is 0 Å². The Hall–Kier alpha value is -2.20. The number of carbonyl (C=O) groups is 1. The number of rotatable bonds is 6. The number of carbonyl (C=O) groups excluding carboxylic acids is 1. The molecule has 2 aromatic rings. The van der Waals surface area contributed by atoms with Crippen molar-refractivity contribution in [2.75, 3.05) is 25.1 Å². The van der Waals surface area contributed by atoms with Crippen LogP contribution in [-0.2, 0) is 11.2 Å². The summed E-state index contributed by atoms with van der Waals surface area (Å²) in [5.74, 6) is 0.764. The number of nitrogens with zero attached hydrogens (tertiary/aromatic N) is 1. The second-order valence-corrected chi connectivity index (χ2v) is 7.04. The minimum absolute atomic E-state index is 0.107. The van der Waals surface area contributed by atoms with Crippen LogP contribution in [0.5, 0.6) is 5.75 Å². The van der Waals surface area contributed by atoms with E-state index < -0.39 is 0 Å². The van der Waals surface area contributed by atoms with Crippen LogP contribution in [0, 0.1) is 0 Å². The number of amides is 1. The van der Waals surface area contributed by atoms with E-state index in [0.717, 1.165) is 31.5 Å². The van der Waals surface area contributed by atoms with Gasteiger partial charge in [-0.15, -0.1) is 0 Å². The lowest BCUT2D eigenvalue weighted by molar-refractivity contribution is -0.121. The molecule has 0 saturated carbocycles. The number of ether oxygens (including phenoxy) is 1. The van der Waals surface area contributed by atoms with Crippen LogP contribution < -0.4 is 15.0 Å². The summed E-state index contributed by atoms with van der Waals surface area (Å²) in [6, 6.07) is 16.4. The molecule has 3 rings (SSSR count). The van der Waals surface area contributed by atoms with Gasteiger partial charge in [0.05, 0.1) is 12.1 Å². The summed E-state index contributed by atoms with van der Waals surface area (Å²) < 4.78 is 5.15. The normalized spacial score (nSPS) is 14.9. The minimum Gasteiger partial charge on any atom is -0.495 e. The average Bonchev–Trinajstić information content (AvgIpc) is 2.68. The van der Waals surface area contributed by atoms with Gasteiger partial charge in [-0.1, -0.05) is 35.9 Å². The van der Waals surface area contributed by atoms with Crippen LogP contribution in [0.2, 0.25) is 5.02 Å². The molecule has 0 radical (unpaired) electrons. The highest BCUT2D eigenvalue weighted by Crippen LogP contribution is 2.25. The first kappa shape index (κ1) is 18.6. The smallest absolute Gasteiger partial charge is 0.220 e. The second kappa shape index (κ2) is 8.95. The van der Waals surface area contributed by atoms with Gasteiger partial charge in [0.25, 0.3) is 0 Å². The van der Waals surface area contributed by atoms with Crippen molar-refractivity contribution < 1.29 is 9.53 Å². The fourth-order valence-electron chi connectivity index (χ4n) is 3.34. The topological polar surface area (TPSA) is 41.6 Å². The molecule has 0 spiro atoms. The molecule has 1 aliphatic heterocycles.